The highest BCUT2D eigenvalue weighted by Gasteiger charge is 2.13. The van der Waals surface area contributed by atoms with Crippen molar-refractivity contribution >= 4 is 0 Å². The number of nitrogens with two attached hydrogens (primary N) is 1. The molecular formula is C14H21N. The summed E-state index contributed by atoms with van der Waals surface area (Å²) in [6, 6.07) is 7.27. The van der Waals surface area contributed by atoms with Crippen molar-refractivity contribution in [2.24, 2.45) is 11.7 Å². The SMILES string of the molecule is CC(N)C(C)Cc1ccc2c(c1)CCC2. The van der Waals surface area contributed by atoms with Crippen molar-refractivity contribution in [2.75, 3.05) is 0 Å². The van der Waals surface area contributed by atoms with Gasteiger partial charge in [0.25, 0.3) is 0 Å². The largest absolute Gasteiger partial charge is 0.328 e. The van der Waals surface area contributed by atoms with Crippen LogP contribution in [-0.2, 0) is 19.3 Å². The summed E-state index contributed by atoms with van der Waals surface area (Å²) in [5, 5.41) is 0. The lowest BCUT2D eigenvalue weighted by molar-refractivity contribution is 0.481. The Labute approximate surface area is 92.7 Å². The Morgan fingerprint density at radius 3 is 2.67 bits per heavy atom. The predicted molar refractivity (Wildman–Crippen MR) is 65.0 cm³/mol. The molecule has 0 saturated carbocycles. The van der Waals surface area contributed by atoms with Crippen LogP contribution in [0, 0.1) is 5.92 Å². The first kappa shape index (κ1) is 10.7. The quantitative estimate of drug-likeness (QED) is 0.803. The Bertz CT molecular complexity index is 341. The van der Waals surface area contributed by atoms with E-state index in [2.05, 4.69) is 32.0 Å². The number of rotatable bonds is 3. The predicted octanol–water partition coefficient (Wildman–Crippen LogP) is 2.70. The summed E-state index contributed by atoms with van der Waals surface area (Å²) in [5.41, 5.74) is 10.5. The molecule has 1 nitrogen and oxygen atoms in total. The lowest BCUT2D eigenvalue weighted by atomic mass is 9.94. The highest BCUT2D eigenvalue weighted by atomic mass is 14.6. The lowest BCUT2D eigenvalue weighted by Crippen LogP contribution is -2.25. The lowest BCUT2D eigenvalue weighted by Gasteiger charge is -2.15. The highest BCUT2D eigenvalue weighted by molar-refractivity contribution is 5.35. The van der Waals surface area contributed by atoms with E-state index in [1.165, 1.54) is 24.8 Å². The molecule has 0 saturated heterocycles. The number of benzene rings is 1. The zero-order valence-electron chi connectivity index (χ0n) is 9.79. The average molecular weight is 203 g/mol. The van der Waals surface area contributed by atoms with Gasteiger partial charge in [0.05, 0.1) is 0 Å². The van der Waals surface area contributed by atoms with Crippen LogP contribution in [0.4, 0.5) is 0 Å². The average Bonchev–Trinajstić information content (AvgIpc) is 2.64. The van der Waals surface area contributed by atoms with Gasteiger partial charge in [-0.1, -0.05) is 25.1 Å². The maximum Gasteiger partial charge on any atom is 0.00393 e. The summed E-state index contributed by atoms with van der Waals surface area (Å²) in [6.07, 6.45) is 5.00. The molecule has 0 radical (unpaired) electrons. The van der Waals surface area contributed by atoms with Crippen molar-refractivity contribution in [1.29, 1.82) is 0 Å². The summed E-state index contributed by atoms with van der Waals surface area (Å²) < 4.78 is 0. The fourth-order valence-corrected chi connectivity index (χ4v) is 2.31. The fraction of sp³-hybridized carbons (Fsp3) is 0.571. The molecule has 0 aliphatic heterocycles. The second-order valence-corrected chi connectivity index (χ2v) is 5.00. The van der Waals surface area contributed by atoms with Crippen LogP contribution in [-0.4, -0.2) is 6.04 Å². The van der Waals surface area contributed by atoms with Crippen molar-refractivity contribution in [3.05, 3.63) is 34.9 Å². The van der Waals surface area contributed by atoms with Gasteiger partial charge < -0.3 is 5.73 Å². The molecule has 0 amide bonds. The molecule has 2 rings (SSSR count). The van der Waals surface area contributed by atoms with Gasteiger partial charge in [0, 0.05) is 6.04 Å². The van der Waals surface area contributed by atoms with E-state index < -0.39 is 0 Å². The summed E-state index contributed by atoms with van der Waals surface area (Å²) in [5.74, 6) is 0.574. The molecule has 1 aliphatic carbocycles. The van der Waals surface area contributed by atoms with Gasteiger partial charge in [-0.05, 0) is 55.2 Å². The van der Waals surface area contributed by atoms with Gasteiger partial charge >= 0.3 is 0 Å². The molecule has 2 N–H and O–H groups in total. The van der Waals surface area contributed by atoms with Gasteiger partial charge in [0.2, 0.25) is 0 Å². The Hall–Kier alpha value is -0.820. The Morgan fingerprint density at radius 2 is 1.93 bits per heavy atom. The minimum atomic E-state index is 0.290. The second kappa shape index (κ2) is 4.36. The molecule has 1 aliphatic rings. The van der Waals surface area contributed by atoms with Crippen LogP contribution in [0.2, 0.25) is 0 Å². The first-order valence-corrected chi connectivity index (χ1v) is 6.03. The number of fused-ring (bicyclic) bond motifs is 1. The minimum Gasteiger partial charge on any atom is -0.328 e. The number of aryl methyl sites for hydroxylation is 2. The van der Waals surface area contributed by atoms with Crippen LogP contribution in [0.15, 0.2) is 18.2 Å². The minimum absolute atomic E-state index is 0.290. The monoisotopic (exact) mass is 203 g/mol. The van der Waals surface area contributed by atoms with Crippen LogP contribution in [0.5, 0.6) is 0 Å². The van der Waals surface area contributed by atoms with E-state index in [-0.39, 0.29) is 0 Å². The van der Waals surface area contributed by atoms with Crippen LogP contribution in [0.25, 0.3) is 0 Å². The Balaban J connectivity index is 2.10. The van der Waals surface area contributed by atoms with Crippen molar-refractivity contribution in [2.45, 2.75) is 45.6 Å². The van der Waals surface area contributed by atoms with E-state index in [0.29, 0.717) is 12.0 Å². The molecule has 0 aromatic heterocycles. The molecule has 1 aromatic rings. The van der Waals surface area contributed by atoms with Gasteiger partial charge in [-0.25, -0.2) is 0 Å². The van der Waals surface area contributed by atoms with E-state index in [0.717, 1.165) is 6.42 Å². The molecule has 0 bridgehead atoms. The smallest absolute Gasteiger partial charge is 0.00393 e. The van der Waals surface area contributed by atoms with E-state index in [1.54, 1.807) is 11.1 Å². The number of hydrogen-bond acceptors (Lipinski definition) is 1. The van der Waals surface area contributed by atoms with Crippen LogP contribution < -0.4 is 5.73 Å². The molecular weight excluding hydrogens is 182 g/mol. The van der Waals surface area contributed by atoms with Crippen LogP contribution >= 0.6 is 0 Å². The normalized spacial score (nSPS) is 18.6. The molecule has 1 heteroatoms. The number of hydrogen-bond donors (Lipinski definition) is 1. The van der Waals surface area contributed by atoms with Crippen LogP contribution in [0.1, 0.15) is 37.0 Å². The van der Waals surface area contributed by atoms with E-state index >= 15 is 0 Å². The van der Waals surface area contributed by atoms with Gasteiger partial charge in [-0.3, -0.25) is 0 Å². The second-order valence-electron chi connectivity index (χ2n) is 5.00. The molecule has 0 heterocycles. The van der Waals surface area contributed by atoms with Gasteiger partial charge in [-0.15, -0.1) is 0 Å². The van der Waals surface area contributed by atoms with Crippen molar-refractivity contribution in [1.82, 2.24) is 0 Å². The molecule has 15 heavy (non-hydrogen) atoms. The topological polar surface area (TPSA) is 26.0 Å². The zero-order chi connectivity index (χ0) is 10.8. The van der Waals surface area contributed by atoms with Gasteiger partial charge in [-0.2, -0.15) is 0 Å². The third kappa shape index (κ3) is 2.40. The molecule has 1 aromatic carbocycles. The van der Waals surface area contributed by atoms with Crippen molar-refractivity contribution in [3.63, 3.8) is 0 Å². The standard InChI is InChI=1S/C14H21N/c1-10(11(2)15)8-12-6-7-13-4-3-5-14(13)9-12/h6-7,9-11H,3-5,8,15H2,1-2H3. The van der Waals surface area contributed by atoms with E-state index in [4.69, 9.17) is 5.73 Å². The highest BCUT2D eigenvalue weighted by Crippen LogP contribution is 2.24. The molecule has 82 valence electrons. The summed E-state index contributed by atoms with van der Waals surface area (Å²) in [4.78, 5) is 0. The fourth-order valence-electron chi connectivity index (χ4n) is 2.31. The van der Waals surface area contributed by atoms with E-state index in [1.807, 2.05) is 0 Å². The molecule has 2 unspecified atom stereocenters. The third-order valence-corrected chi connectivity index (χ3v) is 3.62. The summed E-state index contributed by atoms with van der Waals surface area (Å²) in [7, 11) is 0. The first-order valence-electron chi connectivity index (χ1n) is 6.03. The summed E-state index contributed by atoms with van der Waals surface area (Å²) in [6.45, 7) is 4.33. The Morgan fingerprint density at radius 1 is 1.20 bits per heavy atom. The maximum absolute atomic E-state index is 5.90. The van der Waals surface area contributed by atoms with Crippen molar-refractivity contribution in [3.8, 4) is 0 Å². The maximum atomic E-state index is 5.90. The Kier molecular flexibility index (Phi) is 3.11. The van der Waals surface area contributed by atoms with Gasteiger partial charge in [0.15, 0.2) is 0 Å². The van der Waals surface area contributed by atoms with Gasteiger partial charge in [0.1, 0.15) is 0 Å². The third-order valence-electron chi connectivity index (χ3n) is 3.62. The molecule has 0 spiro atoms. The van der Waals surface area contributed by atoms with Crippen LogP contribution in [0.3, 0.4) is 0 Å². The molecule has 2 atom stereocenters. The van der Waals surface area contributed by atoms with Crippen molar-refractivity contribution < 1.29 is 0 Å². The van der Waals surface area contributed by atoms with E-state index in [9.17, 15) is 0 Å². The summed E-state index contributed by atoms with van der Waals surface area (Å²) >= 11 is 0. The molecule has 0 fully saturated rings. The zero-order valence-corrected chi connectivity index (χ0v) is 9.79. The first-order chi connectivity index (χ1) is 7.16.